The van der Waals surface area contributed by atoms with Crippen molar-refractivity contribution in [2.24, 2.45) is 0 Å². The maximum atomic E-state index is 5.90. The van der Waals surface area contributed by atoms with E-state index in [1.165, 1.54) is 5.56 Å². The van der Waals surface area contributed by atoms with E-state index in [9.17, 15) is 0 Å². The first-order valence-electron chi connectivity index (χ1n) is 5.61. The lowest BCUT2D eigenvalue weighted by Crippen LogP contribution is -2.08. The Balaban J connectivity index is 1.71. The first kappa shape index (κ1) is 11.7. The van der Waals surface area contributed by atoms with Crippen molar-refractivity contribution in [3.63, 3.8) is 0 Å². The van der Waals surface area contributed by atoms with E-state index in [4.69, 9.17) is 23.2 Å². The van der Waals surface area contributed by atoms with Gasteiger partial charge >= 0.3 is 0 Å². The molecule has 4 nitrogen and oxygen atoms in total. The second kappa shape index (κ2) is 4.71. The van der Waals surface area contributed by atoms with Crippen LogP contribution in [0.25, 0.3) is 0 Å². The molecule has 2 atom stereocenters. The largest absolute Gasteiger partial charge is 0.364 e. The first-order chi connectivity index (χ1) is 8.74. The molecule has 1 heterocycles. The minimum Gasteiger partial charge on any atom is -0.364 e. The normalized spacial score (nSPS) is 21.7. The third-order valence-corrected chi connectivity index (χ3v) is 3.37. The van der Waals surface area contributed by atoms with Crippen LogP contribution in [-0.2, 0) is 0 Å². The highest BCUT2D eigenvalue weighted by Crippen LogP contribution is 2.43. The van der Waals surface area contributed by atoms with E-state index in [1.807, 2.05) is 18.2 Å². The Bertz CT molecular complexity index is 561. The van der Waals surface area contributed by atoms with Crippen molar-refractivity contribution >= 4 is 29.0 Å². The molecule has 18 heavy (non-hydrogen) atoms. The molecule has 3 rings (SSSR count). The first-order valence-corrected chi connectivity index (χ1v) is 6.37. The molecule has 0 spiro atoms. The van der Waals surface area contributed by atoms with Crippen molar-refractivity contribution in [3.8, 4) is 0 Å². The Morgan fingerprint density at radius 3 is 2.67 bits per heavy atom. The fourth-order valence-corrected chi connectivity index (χ4v) is 2.24. The van der Waals surface area contributed by atoms with Crippen LogP contribution in [0.2, 0.25) is 10.4 Å². The summed E-state index contributed by atoms with van der Waals surface area (Å²) in [6.07, 6.45) is 1.06. The molecule has 6 heteroatoms. The quantitative estimate of drug-likeness (QED) is 0.939. The minimum atomic E-state index is 0.0961. The van der Waals surface area contributed by atoms with Crippen LogP contribution in [0.15, 0.2) is 30.3 Å². The molecule has 0 radical (unpaired) electrons. The van der Waals surface area contributed by atoms with E-state index in [0.29, 0.717) is 17.8 Å². The lowest BCUT2D eigenvalue weighted by atomic mass is 10.1. The molecular weight excluding hydrogens is 271 g/mol. The Morgan fingerprint density at radius 1 is 1.11 bits per heavy atom. The molecule has 0 saturated heterocycles. The lowest BCUT2D eigenvalue weighted by molar-refractivity contribution is 0.949. The van der Waals surface area contributed by atoms with Gasteiger partial charge in [-0.15, -0.1) is 10.2 Å². The Kier molecular flexibility index (Phi) is 3.06. The van der Waals surface area contributed by atoms with Crippen LogP contribution in [0, 0.1) is 0 Å². The van der Waals surface area contributed by atoms with Gasteiger partial charge in [-0.3, -0.25) is 0 Å². The highest BCUT2D eigenvalue weighted by atomic mass is 35.5. The standard InChI is InChI=1S/C12H10Cl2N4/c13-10-11(16-12(14)18-17-10)15-9-6-8(9)7-4-2-1-3-5-7/h1-5,8-9H,6H2,(H,15,16,18). The average molecular weight is 281 g/mol. The highest BCUT2D eigenvalue weighted by molar-refractivity contribution is 6.32. The zero-order chi connectivity index (χ0) is 12.5. The molecule has 1 aliphatic carbocycles. The van der Waals surface area contributed by atoms with Gasteiger partial charge in [0.05, 0.1) is 0 Å². The molecule has 0 amide bonds. The Labute approximate surface area is 114 Å². The molecule has 2 unspecified atom stereocenters. The van der Waals surface area contributed by atoms with Crippen molar-refractivity contribution in [1.82, 2.24) is 15.2 Å². The summed E-state index contributed by atoms with van der Waals surface area (Å²) in [7, 11) is 0. The topological polar surface area (TPSA) is 50.7 Å². The van der Waals surface area contributed by atoms with Crippen molar-refractivity contribution in [3.05, 3.63) is 46.3 Å². The van der Waals surface area contributed by atoms with Crippen LogP contribution in [0.1, 0.15) is 17.9 Å². The number of hydrogen-bond donors (Lipinski definition) is 1. The van der Waals surface area contributed by atoms with Crippen molar-refractivity contribution < 1.29 is 0 Å². The summed E-state index contributed by atoms with van der Waals surface area (Å²) in [5, 5.41) is 10.9. The van der Waals surface area contributed by atoms with E-state index < -0.39 is 0 Å². The van der Waals surface area contributed by atoms with Gasteiger partial charge in [-0.2, -0.15) is 4.98 Å². The van der Waals surface area contributed by atoms with E-state index in [1.54, 1.807) is 0 Å². The zero-order valence-corrected chi connectivity index (χ0v) is 10.9. The number of hydrogen-bond acceptors (Lipinski definition) is 4. The molecule has 1 aromatic carbocycles. The molecular formula is C12H10Cl2N4. The number of aromatic nitrogens is 3. The predicted octanol–water partition coefficient (Wildman–Crippen LogP) is 3.15. The van der Waals surface area contributed by atoms with Crippen molar-refractivity contribution in [2.75, 3.05) is 5.32 Å². The molecule has 0 aliphatic heterocycles. The van der Waals surface area contributed by atoms with E-state index in [2.05, 4.69) is 32.6 Å². The summed E-state index contributed by atoms with van der Waals surface area (Å²) >= 11 is 11.6. The molecule has 1 aromatic heterocycles. The van der Waals surface area contributed by atoms with Gasteiger partial charge in [-0.25, -0.2) is 0 Å². The van der Waals surface area contributed by atoms with Gasteiger partial charge < -0.3 is 5.32 Å². The lowest BCUT2D eigenvalue weighted by Gasteiger charge is -2.05. The number of nitrogens with one attached hydrogen (secondary N) is 1. The summed E-state index contributed by atoms with van der Waals surface area (Å²) in [5.74, 6) is 0.996. The Hall–Kier alpha value is -1.39. The van der Waals surface area contributed by atoms with Crippen molar-refractivity contribution in [2.45, 2.75) is 18.4 Å². The maximum absolute atomic E-state index is 5.90. The molecule has 0 bridgehead atoms. The SMILES string of the molecule is Clc1nnc(Cl)c(NC2CC2c2ccccc2)n1. The van der Waals surface area contributed by atoms with Gasteiger partial charge in [0.15, 0.2) is 11.0 Å². The molecule has 1 saturated carbocycles. The van der Waals surface area contributed by atoms with Crippen LogP contribution in [0.4, 0.5) is 5.82 Å². The van der Waals surface area contributed by atoms with Gasteiger partial charge in [-0.05, 0) is 23.6 Å². The molecule has 2 aromatic rings. The molecule has 1 aliphatic rings. The van der Waals surface area contributed by atoms with Crippen molar-refractivity contribution in [1.29, 1.82) is 0 Å². The summed E-state index contributed by atoms with van der Waals surface area (Å²) in [4.78, 5) is 4.03. The summed E-state index contributed by atoms with van der Waals surface area (Å²) in [6, 6.07) is 10.7. The predicted molar refractivity (Wildman–Crippen MR) is 71.1 cm³/mol. The summed E-state index contributed by atoms with van der Waals surface area (Å²) in [6.45, 7) is 0. The minimum absolute atomic E-state index is 0.0961. The third kappa shape index (κ3) is 2.40. The summed E-state index contributed by atoms with van der Waals surface area (Å²) < 4.78 is 0. The number of rotatable bonds is 3. The smallest absolute Gasteiger partial charge is 0.245 e. The second-order valence-electron chi connectivity index (χ2n) is 4.22. The fraction of sp³-hybridized carbons (Fsp3) is 0.250. The monoisotopic (exact) mass is 280 g/mol. The van der Waals surface area contributed by atoms with Crippen LogP contribution in [0.5, 0.6) is 0 Å². The number of halogens is 2. The number of nitrogens with zero attached hydrogens (tertiary/aromatic N) is 3. The van der Waals surface area contributed by atoms with Crippen LogP contribution in [-0.4, -0.2) is 21.2 Å². The zero-order valence-electron chi connectivity index (χ0n) is 9.35. The molecule has 1 N–H and O–H groups in total. The van der Waals surface area contributed by atoms with E-state index in [-0.39, 0.29) is 10.4 Å². The third-order valence-electron chi connectivity index (χ3n) is 2.96. The highest BCUT2D eigenvalue weighted by Gasteiger charge is 2.38. The van der Waals surface area contributed by atoms with Crippen LogP contribution in [0.3, 0.4) is 0 Å². The van der Waals surface area contributed by atoms with Crippen LogP contribution < -0.4 is 5.32 Å². The van der Waals surface area contributed by atoms with Gasteiger partial charge in [0, 0.05) is 12.0 Å². The molecule has 1 fully saturated rings. The van der Waals surface area contributed by atoms with E-state index in [0.717, 1.165) is 6.42 Å². The van der Waals surface area contributed by atoms with Crippen LogP contribution >= 0.6 is 23.2 Å². The van der Waals surface area contributed by atoms with Gasteiger partial charge in [0.25, 0.3) is 0 Å². The van der Waals surface area contributed by atoms with Gasteiger partial charge in [0.1, 0.15) is 0 Å². The maximum Gasteiger partial charge on any atom is 0.245 e. The number of anilines is 1. The Morgan fingerprint density at radius 2 is 1.89 bits per heavy atom. The fourth-order valence-electron chi connectivity index (χ4n) is 1.98. The van der Waals surface area contributed by atoms with E-state index >= 15 is 0 Å². The second-order valence-corrected chi connectivity index (χ2v) is 4.92. The average Bonchev–Trinajstić information content (AvgIpc) is 3.14. The summed E-state index contributed by atoms with van der Waals surface area (Å²) in [5.41, 5.74) is 1.32. The number of benzene rings is 1. The molecule has 92 valence electrons. The van der Waals surface area contributed by atoms with Gasteiger partial charge in [-0.1, -0.05) is 41.9 Å². The van der Waals surface area contributed by atoms with Gasteiger partial charge in [0.2, 0.25) is 5.28 Å².